The largest absolute Gasteiger partial charge is 0.300 e. The topological polar surface area (TPSA) is 20.3 Å². The molecule has 0 spiro atoms. The van der Waals surface area contributed by atoms with E-state index in [9.17, 15) is 4.79 Å². The van der Waals surface area contributed by atoms with Crippen molar-refractivity contribution in [2.75, 3.05) is 7.05 Å². The van der Waals surface area contributed by atoms with Crippen molar-refractivity contribution in [3.63, 3.8) is 0 Å². The van der Waals surface area contributed by atoms with Gasteiger partial charge in [-0.1, -0.05) is 20.8 Å². The molecule has 0 aromatic carbocycles. The SMILES string of the molecule is CN1C2CCC1CC(C(=O)CCC(C)(C)C)C2. The Hall–Kier alpha value is -0.370. The molecule has 0 aromatic rings. The first-order valence-corrected chi connectivity index (χ1v) is 7.11. The summed E-state index contributed by atoms with van der Waals surface area (Å²) < 4.78 is 0. The second-order valence-corrected chi connectivity index (χ2v) is 7.25. The number of nitrogens with zero attached hydrogens (tertiary/aromatic N) is 1. The molecule has 2 heterocycles. The van der Waals surface area contributed by atoms with E-state index in [0.29, 0.717) is 29.2 Å². The molecular formula is C15H27NO. The number of ketones is 1. The van der Waals surface area contributed by atoms with Gasteiger partial charge in [-0.05, 0) is 44.6 Å². The van der Waals surface area contributed by atoms with Crippen LogP contribution in [-0.4, -0.2) is 29.8 Å². The van der Waals surface area contributed by atoms with Crippen LogP contribution in [0, 0.1) is 11.3 Å². The summed E-state index contributed by atoms with van der Waals surface area (Å²) in [7, 11) is 2.23. The molecule has 2 fully saturated rings. The number of piperidine rings is 1. The Kier molecular flexibility index (Phi) is 3.63. The zero-order valence-electron chi connectivity index (χ0n) is 11.8. The minimum atomic E-state index is 0.292. The molecule has 0 aromatic heterocycles. The van der Waals surface area contributed by atoms with Gasteiger partial charge in [0.2, 0.25) is 0 Å². The van der Waals surface area contributed by atoms with Gasteiger partial charge in [-0.25, -0.2) is 0 Å². The molecule has 0 N–H and O–H groups in total. The normalized spacial score (nSPS) is 34.0. The van der Waals surface area contributed by atoms with Crippen molar-refractivity contribution in [1.82, 2.24) is 4.90 Å². The van der Waals surface area contributed by atoms with Crippen LogP contribution in [0.25, 0.3) is 0 Å². The average Bonchev–Trinajstić information content (AvgIpc) is 2.50. The number of carbonyl (C=O) groups is 1. The summed E-state index contributed by atoms with van der Waals surface area (Å²) >= 11 is 0. The molecule has 2 rings (SSSR count). The van der Waals surface area contributed by atoms with Gasteiger partial charge in [-0.15, -0.1) is 0 Å². The van der Waals surface area contributed by atoms with Crippen molar-refractivity contribution in [3.8, 4) is 0 Å². The second-order valence-electron chi connectivity index (χ2n) is 7.25. The van der Waals surface area contributed by atoms with Gasteiger partial charge < -0.3 is 4.90 Å². The number of carbonyl (C=O) groups excluding carboxylic acids is 1. The third-order valence-electron chi connectivity index (χ3n) is 4.67. The van der Waals surface area contributed by atoms with Gasteiger partial charge in [0, 0.05) is 24.4 Å². The molecule has 2 unspecified atom stereocenters. The van der Waals surface area contributed by atoms with Crippen LogP contribution in [-0.2, 0) is 4.79 Å². The van der Waals surface area contributed by atoms with Gasteiger partial charge in [-0.2, -0.15) is 0 Å². The highest BCUT2D eigenvalue weighted by Crippen LogP contribution is 2.38. The Morgan fingerprint density at radius 3 is 2.18 bits per heavy atom. The molecule has 0 radical (unpaired) electrons. The number of Topliss-reactive ketones (excluding diaryl/α,β-unsaturated/α-hetero) is 1. The van der Waals surface area contributed by atoms with Crippen LogP contribution in [0.4, 0.5) is 0 Å². The zero-order valence-corrected chi connectivity index (χ0v) is 11.8. The van der Waals surface area contributed by atoms with Gasteiger partial charge in [0.25, 0.3) is 0 Å². The molecule has 2 saturated heterocycles. The Bertz CT molecular complexity index is 278. The minimum Gasteiger partial charge on any atom is -0.300 e. The lowest BCUT2D eigenvalue weighted by Gasteiger charge is -2.35. The van der Waals surface area contributed by atoms with Crippen LogP contribution in [0.5, 0.6) is 0 Å². The van der Waals surface area contributed by atoms with Crippen LogP contribution < -0.4 is 0 Å². The molecule has 0 amide bonds. The molecule has 98 valence electrons. The van der Waals surface area contributed by atoms with Crippen molar-refractivity contribution in [1.29, 1.82) is 0 Å². The van der Waals surface area contributed by atoms with E-state index in [0.717, 1.165) is 25.7 Å². The van der Waals surface area contributed by atoms with Crippen LogP contribution in [0.1, 0.15) is 59.3 Å². The third kappa shape index (κ3) is 3.09. The molecule has 2 aliphatic rings. The van der Waals surface area contributed by atoms with Crippen molar-refractivity contribution in [2.45, 2.75) is 71.4 Å². The van der Waals surface area contributed by atoms with E-state index < -0.39 is 0 Å². The number of hydrogen-bond acceptors (Lipinski definition) is 2. The Labute approximate surface area is 106 Å². The lowest BCUT2D eigenvalue weighted by atomic mass is 9.82. The van der Waals surface area contributed by atoms with Crippen molar-refractivity contribution >= 4 is 5.78 Å². The lowest BCUT2D eigenvalue weighted by molar-refractivity contribution is -0.125. The molecule has 2 bridgehead atoms. The average molecular weight is 237 g/mol. The summed E-state index contributed by atoms with van der Waals surface area (Å²) in [6, 6.07) is 1.38. The molecule has 2 atom stereocenters. The van der Waals surface area contributed by atoms with Gasteiger partial charge in [0.1, 0.15) is 5.78 Å². The van der Waals surface area contributed by atoms with Gasteiger partial charge in [0.05, 0.1) is 0 Å². The van der Waals surface area contributed by atoms with Crippen molar-refractivity contribution < 1.29 is 4.79 Å². The molecule has 0 aliphatic carbocycles. The van der Waals surface area contributed by atoms with E-state index in [4.69, 9.17) is 0 Å². The minimum absolute atomic E-state index is 0.292. The highest BCUT2D eigenvalue weighted by molar-refractivity contribution is 5.81. The Balaban J connectivity index is 1.85. The van der Waals surface area contributed by atoms with Crippen molar-refractivity contribution in [2.24, 2.45) is 11.3 Å². The lowest BCUT2D eigenvalue weighted by Crippen LogP contribution is -2.42. The quantitative estimate of drug-likeness (QED) is 0.751. The molecule has 0 saturated carbocycles. The predicted octanol–water partition coefficient (Wildman–Crippen LogP) is 3.25. The monoisotopic (exact) mass is 237 g/mol. The maximum atomic E-state index is 12.3. The van der Waals surface area contributed by atoms with E-state index in [2.05, 4.69) is 32.7 Å². The maximum Gasteiger partial charge on any atom is 0.136 e. The summed E-state index contributed by atoms with van der Waals surface area (Å²) in [5.41, 5.74) is 0.292. The standard InChI is InChI=1S/C15H27NO/c1-15(2,3)8-7-14(17)11-9-12-5-6-13(10-11)16(12)4/h11-13H,5-10H2,1-4H3. The zero-order chi connectivity index (χ0) is 12.6. The molecule has 2 heteroatoms. The first-order valence-electron chi connectivity index (χ1n) is 7.11. The number of hydrogen-bond donors (Lipinski definition) is 0. The fourth-order valence-corrected chi connectivity index (χ4v) is 3.38. The molecule has 17 heavy (non-hydrogen) atoms. The maximum absolute atomic E-state index is 12.3. The summed E-state index contributed by atoms with van der Waals surface area (Å²) in [6.45, 7) is 6.66. The fraction of sp³-hybridized carbons (Fsp3) is 0.933. The van der Waals surface area contributed by atoms with E-state index in [1.165, 1.54) is 12.8 Å². The highest BCUT2D eigenvalue weighted by Gasteiger charge is 2.40. The number of rotatable bonds is 3. The first-order chi connectivity index (χ1) is 7.87. The predicted molar refractivity (Wildman–Crippen MR) is 71.0 cm³/mol. The van der Waals surface area contributed by atoms with Crippen LogP contribution in [0.3, 0.4) is 0 Å². The Morgan fingerprint density at radius 2 is 1.71 bits per heavy atom. The molecule has 2 aliphatic heterocycles. The van der Waals surface area contributed by atoms with E-state index in [1.807, 2.05) is 0 Å². The smallest absolute Gasteiger partial charge is 0.136 e. The van der Waals surface area contributed by atoms with E-state index in [-0.39, 0.29) is 0 Å². The fourth-order valence-electron chi connectivity index (χ4n) is 3.38. The number of fused-ring (bicyclic) bond motifs is 2. The van der Waals surface area contributed by atoms with Crippen LogP contribution >= 0.6 is 0 Å². The van der Waals surface area contributed by atoms with Crippen molar-refractivity contribution in [3.05, 3.63) is 0 Å². The van der Waals surface area contributed by atoms with Crippen LogP contribution in [0.15, 0.2) is 0 Å². The van der Waals surface area contributed by atoms with Crippen LogP contribution in [0.2, 0.25) is 0 Å². The summed E-state index contributed by atoms with van der Waals surface area (Å²) in [5.74, 6) is 0.899. The van der Waals surface area contributed by atoms with Gasteiger partial charge in [0.15, 0.2) is 0 Å². The highest BCUT2D eigenvalue weighted by atomic mass is 16.1. The van der Waals surface area contributed by atoms with Gasteiger partial charge >= 0.3 is 0 Å². The molecule has 2 nitrogen and oxygen atoms in total. The Morgan fingerprint density at radius 1 is 1.18 bits per heavy atom. The second kappa shape index (κ2) is 4.72. The van der Waals surface area contributed by atoms with E-state index >= 15 is 0 Å². The summed E-state index contributed by atoms with van der Waals surface area (Å²) in [5, 5.41) is 0. The third-order valence-corrected chi connectivity index (χ3v) is 4.67. The first kappa shape index (κ1) is 13.1. The molecular weight excluding hydrogens is 210 g/mol. The summed E-state index contributed by atoms with van der Waals surface area (Å²) in [6.07, 6.45) is 6.69. The summed E-state index contributed by atoms with van der Waals surface area (Å²) in [4.78, 5) is 14.8. The van der Waals surface area contributed by atoms with E-state index in [1.54, 1.807) is 0 Å². The van der Waals surface area contributed by atoms with Gasteiger partial charge in [-0.3, -0.25) is 4.79 Å².